The maximum Gasteiger partial charge on any atom is 0.306 e. The number of ether oxygens (including phenoxy) is 1. The molecule has 0 amide bonds. The van der Waals surface area contributed by atoms with E-state index in [4.69, 9.17) is 14.9 Å². The highest BCUT2D eigenvalue weighted by atomic mass is 16.5. The quantitative estimate of drug-likeness (QED) is 0.659. The third-order valence-electron chi connectivity index (χ3n) is 1.12. The predicted octanol–water partition coefficient (Wildman–Crippen LogP) is 0.637. The summed E-state index contributed by atoms with van der Waals surface area (Å²) in [5, 5.41) is 17.4. The zero-order valence-electron chi connectivity index (χ0n) is 7.70. The van der Waals surface area contributed by atoms with Gasteiger partial charge in [0.25, 0.3) is 0 Å². The van der Waals surface area contributed by atoms with Gasteiger partial charge >= 0.3 is 5.97 Å². The Bertz CT molecular complexity index is 148. The van der Waals surface area contributed by atoms with Gasteiger partial charge in [0.15, 0.2) is 0 Å². The number of aliphatic hydroxyl groups excluding tert-OH is 1. The van der Waals surface area contributed by atoms with Crippen molar-refractivity contribution in [2.45, 2.75) is 38.9 Å². The summed E-state index contributed by atoms with van der Waals surface area (Å²) in [5.74, 6) is -1.01. The van der Waals surface area contributed by atoms with Gasteiger partial charge in [0.2, 0.25) is 0 Å². The van der Waals surface area contributed by atoms with Crippen LogP contribution >= 0.6 is 0 Å². The third kappa shape index (κ3) is 7.50. The zero-order chi connectivity index (χ0) is 9.78. The molecule has 0 aliphatic carbocycles. The van der Waals surface area contributed by atoms with E-state index in [1.165, 1.54) is 0 Å². The number of rotatable bonds is 4. The maximum atomic E-state index is 10.1. The first-order valence-electron chi connectivity index (χ1n) is 3.85. The van der Waals surface area contributed by atoms with E-state index in [1.807, 2.05) is 20.8 Å². The topological polar surface area (TPSA) is 66.8 Å². The first kappa shape index (κ1) is 11.4. The summed E-state index contributed by atoms with van der Waals surface area (Å²) in [4.78, 5) is 10.1. The number of carbonyl (C=O) groups is 1. The summed E-state index contributed by atoms with van der Waals surface area (Å²) in [6.45, 7) is 5.61. The van der Waals surface area contributed by atoms with Crippen molar-refractivity contribution in [3.05, 3.63) is 0 Å². The molecule has 0 saturated heterocycles. The van der Waals surface area contributed by atoms with Gasteiger partial charge in [0, 0.05) is 0 Å². The highest BCUT2D eigenvalue weighted by Crippen LogP contribution is 2.07. The van der Waals surface area contributed by atoms with Crippen molar-refractivity contribution in [1.29, 1.82) is 0 Å². The fourth-order valence-corrected chi connectivity index (χ4v) is 0.607. The normalized spacial score (nSPS) is 14.3. The van der Waals surface area contributed by atoms with E-state index in [9.17, 15) is 4.79 Å². The van der Waals surface area contributed by atoms with Crippen molar-refractivity contribution in [3.8, 4) is 0 Å². The number of aliphatic hydroxyl groups is 1. The Morgan fingerprint density at radius 1 is 1.50 bits per heavy atom. The van der Waals surface area contributed by atoms with Crippen molar-refractivity contribution in [1.82, 2.24) is 0 Å². The molecular formula is C8H16O4. The largest absolute Gasteiger partial charge is 0.481 e. The van der Waals surface area contributed by atoms with Crippen LogP contribution in [-0.2, 0) is 9.53 Å². The van der Waals surface area contributed by atoms with Gasteiger partial charge in [-0.15, -0.1) is 0 Å². The summed E-state index contributed by atoms with van der Waals surface area (Å²) in [6, 6.07) is 0. The first-order chi connectivity index (χ1) is 5.31. The van der Waals surface area contributed by atoms with Gasteiger partial charge < -0.3 is 14.9 Å². The molecule has 12 heavy (non-hydrogen) atoms. The molecule has 0 rings (SSSR count). The lowest BCUT2D eigenvalue weighted by Gasteiger charge is -2.21. The number of hydrogen-bond acceptors (Lipinski definition) is 3. The van der Waals surface area contributed by atoms with Gasteiger partial charge in [0.05, 0.1) is 24.7 Å². The molecule has 0 spiro atoms. The third-order valence-corrected chi connectivity index (χ3v) is 1.12. The van der Waals surface area contributed by atoms with Gasteiger partial charge in [-0.3, -0.25) is 4.79 Å². The van der Waals surface area contributed by atoms with E-state index < -0.39 is 12.1 Å². The van der Waals surface area contributed by atoms with E-state index in [0.717, 1.165) is 0 Å². The summed E-state index contributed by atoms with van der Waals surface area (Å²) in [6.07, 6.45) is -1.18. The summed E-state index contributed by atoms with van der Waals surface area (Å²) < 4.78 is 5.18. The van der Waals surface area contributed by atoms with Gasteiger partial charge in [-0.1, -0.05) is 0 Å². The second-order valence-electron chi connectivity index (χ2n) is 3.68. The molecule has 4 heteroatoms. The molecule has 0 unspecified atom stereocenters. The fourth-order valence-electron chi connectivity index (χ4n) is 0.607. The van der Waals surface area contributed by atoms with E-state index >= 15 is 0 Å². The lowest BCUT2D eigenvalue weighted by atomic mass is 10.2. The Morgan fingerprint density at radius 3 is 2.33 bits per heavy atom. The van der Waals surface area contributed by atoms with Gasteiger partial charge in [-0.2, -0.15) is 0 Å². The van der Waals surface area contributed by atoms with Crippen LogP contribution in [0.25, 0.3) is 0 Å². The number of hydrogen-bond donors (Lipinski definition) is 2. The Labute approximate surface area is 72.2 Å². The Kier molecular flexibility index (Phi) is 4.20. The monoisotopic (exact) mass is 176 g/mol. The van der Waals surface area contributed by atoms with Gasteiger partial charge in [0.1, 0.15) is 0 Å². The van der Waals surface area contributed by atoms with Crippen molar-refractivity contribution in [3.63, 3.8) is 0 Å². The lowest BCUT2D eigenvalue weighted by molar-refractivity contribution is -0.141. The van der Waals surface area contributed by atoms with Crippen molar-refractivity contribution in [2.24, 2.45) is 0 Å². The molecule has 0 fully saturated rings. The van der Waals surface area contributed by atoms with Gasteiger partial charge in [-0.05, 0) is 20.8 Å². The zero-order valence-corrected chi connectivity index (χ0v) is 7.70. The molecule has 0 bridgehead atoms. The fraction of sp³-hybridized carbons (Fsp3) is 0.875. The van der Waals surface area contributed by atoms with Crippen LogP contribution in [0.1, 0.15) is 27.2 Å². The minimum Gasteiger partial charge on any atom is -0.481 e. The summed E-state index contributed by atoms with van der Waals surface area (Å²) in [5.41, 5.74) is -0.334. The predicted molar refractivity (Wildman–Crippen MR) is 44.0 cm³/mol. The van der Waals surface area contributed by atoms with Crippen LogP contribution in [0.2, 0.25) is 0 Å². The first-order valence-corrected chi connectivity index (χ1v) is 3.85. The molecule has 0 aromatic rings. The Morgan fingerprint density at radius 2 is 2.00 bits per heavy atom. The Balaban J connectivity index is 3.57. The number of carboxylic acids is 1. The second kappa shape index (κ2) is 4.42. The standard InChI is InChI=1S/C8H16O4/c1-8(2,3)12-5-6(9)4-7(10)11/h6,9H,4-5H2,1-3H3,(H,10,11)/t6-/m1/s1. The molecule has 0 saturated carbocycles. The van der Waals surface area contributed by atoms with Crippen LogP contribution in [0.15, 0.2) is 0 Å². The van der Waals surface area contributed by atoms with E-state index in [-0.39, 0.29) is 18.6 Å². The molecule has 72 valence electrons. The average molecular weight is 176 g/mol. The number of aliphatic carboxylic acids is 1. The highest BCUT2D eigenvalue weighted by molar-refractivity contribution is 5.67. The minimum atomic E-state index is -1.01. The average Bonchev–Trinajstić information content (AvgIpc) is 1.80. The smallest absolute Gasteiger partial charge is 0.306 e. The number of carboxylic acid groups (broad SMARTS) is 1. The minimum absolute atomic E-state index is 0.0653. The molecule has 4 nitrogen and oxygen atoms in total. The van der Waals surface area contributed by atoms with Crippen LogP contribution in [-0.4, -0.2) is 34.5 Å². The van der Waals surface area contributed by atoms with E-state index in [1.54, 1.807) is 0 Å². The van der Waals surface area contributed by atoms with Crippen LogP contribution in [0.3, 0.4) is 0 Å². The van der Waals surface area contributed by atoms with Gasteiger partial charge in [-0.25, -0.2) is 0 Å². The van der Waals surface area contributed by atoms with Crippen LogP contribution in [0.5, 0.6) is 0 Å². The SMILES string of the molecule is CC(C)(C)OC[C@H](O)CC(=O)O. The molecule has 1 atom stereocenters. The Hall–Kier alpha value is -0.610. The molecule has 2 N–H and O–H groups in total. The molecule has 0 aromatic carbocycles. The van der Waals surface area contributed by atoms with E-state index in [0.29, 0.717) is 0 Å². The van der Waals surface area contributed by atoms with Crippen LogP contribution in [0.4, 0.5) is 0 Å². The van der Waals surface area contributed by atoms with Crippen LogP contribution < -0.4 is 0 Å². The summed E-state index contributed by atoms with van der Waals surface area (Å²) >= 11 is 0. The van der Waals surface area contributed by atoms with Crippen molar-refractivity contribution >= 4 is 5.97 Å². The lowest BCUT2D eigenvalue weighted by Crippen LogP contribution is -2.27. The second-order valence-corrected chi connectivity index (χ2v) is 3.68. The highest BCUT2D eigenvalue weighted by Gasteiger charge is 2.15. The molecule has 0 heterocycles. The van der Waals surface area contributed by atoms with Crippen LogP contribution in [0, 0.1) is 0 Å². The van der Waals surface area contributed by atoms with Crippen molar-refractivity contribution < 1.29 is 19.7 Å². The molecule has 0 aliphatic rings. The molecular weight excluding hydrogens is 160 g/mol. The molecule has 0 aliphatic heterocycles. The summed E-state index contributed by atoms with van der Waals surface area (Å²) in [7, 11) is 0. The molecule has 0 aromatic heterocycles. The molecule has 0 radical (unpaired) electrons. The van der Waals surface area contributed by atoms with E-state index in [2.05, 4.69) is 0 Å². The maximum absolute atomic E-state index is 10.1. The van der Waals surface area contributed by atoms with Crippen molar-refractivity contribution in [2.75, 3.05) is 6.61 Å².